The average Bonchev–Trinajstić information content (AvgIpc) is 3.38. The lowest BCUT2D eigenvalue weighted by atomic mass is 9.82. The zero-order valence-electron chi connectivity index (χ0n) is 22.9. The molecule has 9 heteroatoms. The molecule has 2 aromatic heterocycles. The summed E-state index contributed by atoms with van der Waals surface area (Å²) in [6.45, 7) is 11.5. The molecule has 8 nitrogen and oxygen atoms in total. The van der Waals surface area contributed by atoms with Crippen molar-refractivity contribution >= 4 is 17.2 Å². The van der Waals surface area contributed by atoms with Crippen LogP contribution in [0.4, 0.5) is 14.9 Å². The molecule has 0 spiro atoms. The molecular formula is C29H39FN6O2. The van der Waals surface area contributed by atoms with Crippen molar-refractivity contribution in [1.29, 1.82) is 0 Å². The van der Waals surface area contributed by atoms with Gasteiger partial charge in [0.05, 0.1) is 16.8 Å². The molecule has 0 bridgehead atoms. The molecule has 2 aliphatic heterocycles. The van der Waals surface area contributed by atoms with Gasteiger partial charge in [-0.1, -0.05) is 12.1 Å². The number of piperazine rings is 1. The molecule has 0 atom stereocenters. The third kappa shape index (κ3) is 4.97. The van der Waals surface area contributed by atoms with Gasteiger partial charge < -0.3 is 24.8 Å². The number of fused-ring (bicyclic) bond motifs is 1. The molecule has 2 fully saturated rings. The minimum Gasteiger partial charge on any atom is -0.373 e. The smallest absolute Gasteiger partial charge is 0.317 e. The molecule has 38 heavy (non-hydrogen) atoms. The zero-order valence-corrected chi connectivity index (χ0v) is 22.9. The maximum atomic E-state index is 15.6. The largest absolute Gasteiger partial charge is 0.373 e. The van der Waals surface area contributed by atoms with E-state index in [1.807, 2.05) is 40.7 Å². The van der Waals surface area contributed by atoms with Gasteiger partial charge in [-0.15, -0.1) is 0 Å². The first kappa shape index (κ1) is 26.4. The Balaban J connectivity index is 1.37. The van der Waals surface area contributed by atoms with Crippen LogP contribution in [0.15, 0.2) is 42.7 Å². The van der Waals surface area contributed by atoms with Crippen LogP contribution in [0.5, 0.6) is 0 Å². The highest BCUT2D eigenvalue weighted by atomic mass is 19.1. The van der Waals surface area contributed by atoms with E-state index < -0.39 is 5.60 Å². The van der Waals surface area contributed by atoms with Gasteiger partial charge in [-0.3, -0.25) is 0 Å². The number of carbonyl (C=O) groups excluding carboxylic acids is 1. The second-order valence-corrected chi connectivity index (χ2v) is 10.6. The number of anilines is 1. The summed E-state index contributed by atoms with van der Waals surface area (Å²) in [7, 11) is 1.70. The Morgan fingerprint density at radius 1 is 1.08 bits per heavy atom. The quantitative estimate of drug-likeness (QED) is 0.522. The minimum atomic E-state index is -0.593. The van der Waals surface area contributed by atoms with Gasteiger partial charge in [0.15, 0.2) is 0 Å². The van der Waals surface area contributed by atoms with Crippen LogP contribution in [0.2, 0.25) is 0 Å². The van der Waals surface area contributed by atoms with Gasteiger partial charge >= 0.3 is 6.03 Å². The molecule has 204 valence electrons. The fourth-order valence-corrected chi connectivity index (χ4v) is 5.89. The zero-order chi connectivity index (χ0) is 26.9. The minimum absolute atomic E-state index is 0.0109. The highest BCUT2D eigenvalue weighted by Crippen LogP contribution is 2.39. The summed E-state index contributed by atoms with van der Waals surface area (Å²) in [5, 5.41) is 7.38. The van der Waals surface area contributed by atoms with E-state index in [0.717, 1.165) is 61.4 Å². The number of piperidine rings is 1. The van der Waals surface area contributed by atoms with Crippen LogP contribution >= 0.6 is 0 Å². The normalized spacial score (nSPS) is 18.4. The predicted molar refractivity (Wildman–Crippen MR) is 148 cm³/mol. The van der Waals surface area contributed by atoms with Gasteiger partial charge in [0.25, 0.3) is 0 Å². The van der Waals surface area contributed by atoms with E-state index in [-0.39, 0.29) is 11.8 Å². The third-order valence-electron chi connectivity index (χ3n) is 8.24. The summed E-state index contributed by atoms with van der Waals surface area (Å²) in [5.74, 6) is -0.229. The summed E-state index contributed by atoms with van der Waals surface area (Å²) < 4.78 is 23.5. The Morgan fingerprint density at radius 2 is 1.82 bits per heavy atom. The highest BCUT2D eigenvalue weighted by Gasteiger charge is 2.39. The fourth-order valence-electron chi connectivity index (χ4n) is 5.89. The van der Waals surface area contributed by atoms with Crippen molar-refractivity contribution in [1.82, 2.24) is 24.7 Å². The van der Waals surface area contributed by atoms with Crippen LogP contribution in [0, 0.1) is 5.82 Å². The van der Waals surface area contributed by atoms with E-state index in [1.54, 1.807) is 19.4 Å². The first-order valence-corrected chi connectivity index (χ1v) is 13.7. The summed E-state index contributed by atoms with van der Waals surface area (Å²) in [5.41, 5.74) is 3.80. The molecule has 1 N–H and O–H groups in total. The molecule has 2 saturated heterocycles. The maximum Gasteiger partial charge on any atom is 0.317 e. The standard InChI is InChI=1S/C29H39FN6O2/c1-5-31-28(37)35-16-14-34(15-17-35)26-8-11-32-36-20-23(19-27(26)36)22-6-7-24(25(30)18-22)29(38-4)9-12-33(13-10-29)21(2)3/h6-8,11,18-21H,5,9-10,12-17H2,1-4H3,(H,31,37). The third-order valence-corrected chi connectivity index (χ3v) is 8.24. The molecule has 1 aromatic carbocycles. The summed E-state index contributed by atoms with van der Waals surface area (Å²) in [4.78, 5) is 18.7. The Morgan fingerprint density at radius 3 is 2.45 bits per heavy atom. The molecule has 5 rings (SSSR count). The van der Waals surface area contributed by atoms with Crippen molar-refractivity contribution in [2.45, 2.75) is 45.3 Å². The Kier molecular flexibility index (Phi) is 7.59. The molecule has 0 aliphatic carbocycles. The van der Waals surface area contributed by atoms with Gasteiger partial charge in [0.1, 0.15) is 5.82 Å². The van der Waals surface area contributed by atoms with Crippen LogP contribution in [-0.2, 0) is 10.3 Å². The summed E-state index contributed by atoms with van der Waals surface area (Å²) >= 11 is 0. The molecule has 0 saturated carbocycles. The lowest BCUT2D eigenvalue weighted by molar-refractivity contribution is -0.0690. The fraction of sp³-hybridized carbons (Fsp3) is 0.517. The van der Waals surface area contributed by atoms with E-state index >= 15 is 4.39 Å². The number of ether oxygens (including phenoxy) is 1. The number of hydrogen-bond donors (Lipinski definition) is 1. The molecule has 0 radical (unpaired) electrons. The van der Waals surface area contributed by atoms with Crippen molar-refractivity contribution in [2.24, 2.45) is 0 Å². The lowest BCUT2D eigenvalue weighted by Gasteiger charge is -2.42. The number of nitrogens with one attached hydrogen (secondary N) is 1. The van der Waals surface area contributed by atoms with Crippen LogP contribution in [0.1, 0.15) is 39.2 Å². The predicted octanol–water partition coefficient (Wildman–Crippen LogP) is 4.34. The molecule has 2 amide bonds. The first-order chi connectivity index (χ1) is 18.3. The number of rotatable bonds is 6. The number of methoxy groups -OCH3 is 1. The van der Waals surface area contributed by atoms with Crippen molar-refractivity contribution in [3.63, 3.8) is 0 Å². The Bertz CT molecular complexity index is 1280. The molecule has 0 unspecified atom stereocenters. The Labute approximate surface area is 224 Å². The van der Waals surface area contributed by atoms with E-state index in [4.69, 9.17) is 4.74 Å². The number of likely N-dealkylation sites (tertiary alicyclic amines) is 1. The van der Waals surface area contributed by atoms with E-state index in [0.29, 0.717) is 31.2 Å². The lowest BCUT2D eigenvalue weighted by Crippen LogP contribution is -2.51. The van der Waals surface area contributed by atoms with Gasteiger partial charge in [0.2, 0.25) is 0 Å². The maximum absolute atomic E-state index is 15.6. The first-order valence-electron chi connectivity index (χ1n) is 13.7. The van der Waals surface area contributed by atoms with Gasteiger partial charge in [-0.2, -0.15) is 5.10 Å². The number of urea groups is 1. The highest BCUT2D eigenvalue weighted by molar-refractivity contribution is 5.80. The van der Waals surface area contributed by atoms with E-state index in [2.05, 4.69) is 40.1 Å². The van der Waals surface area contributed by atoms with Gasteiger partial charge in [-0.05, 0) is 57.4 Å². The molecule has 3 aromatic rings. The number of hydrogen-bond acceptors (Lipinski definition) is 5. The van der Waals surface area contributed by atoms with Crippen molar-refractivity contribution < 1.29 is 13.9 Å². The van der Waals surface area contributed by atoms with Crippen LogP contribution in [-0.4, -0.2) is 84.4 Å². The van der Waals surface area contributed by atoms with E-state index in [1.165, 1.54) is 0 Å². The van der Waals surface area contributed by atoms with Crippen molar-refractivity contribution in [3.05, 3.63) is 54.1 Å². The van der Waals surface area contributed by atoms with Gasteiger partial charge in [0, 0.05) is 82.5 Å². The van der Waals surface area contributed by atoms with Gasteiger partial charge in [-0.25, -0.2) is 13.7 Å². The number of halogens is 1. The van der Waals surface area contributed by atoms with E-state index in [9.17, 15) is 4.79 Å². The topological polar surface area (TPSA) is 65.4 Å². The molecule has 4 heterocycles. The number of nitrogens with zero attached hydrogens (tertiary/aromatic N) is 5. The molecular weight excluding hydrogens is 483 g/mol. The second-order valence-electron chi connectivity index (χ2n) is 10.6. The summed E-state index contributed by atoms with van der Waals surface area (Å²) in [6.07, 6.45) is 5.28. The van der Waals surface area contributed by atoms with Crippen LogP contribution in [0.25, 0.3) is 16.6 Å². The number of aromatic nitrogens is 2. The SMILES string of the molecule is CCNC(=O)N1CCN(c2ccnn3cc(-c4ccc(C5(OC)CCN(C(C)C)CC5)c(F)c4)cc23)CC1. The number of amides is 2. The van der Waals surface area contributed by atoms with Crippen LogP contribution in [0.3, 0.4) is 0 Å². The second kappa shape index (κ2) is 10.9. The van der Waals surface area contributed by atoms with Crippen molar-refractivity contribution in [2.75, 3.05) is 57.8 Å². The average molecular weight is 523 g/mol. The van der Waals surface area contributed by atoms with Crippen molar-refractivity contribution in [3.8, 4) is 11.1 Å². The molecule has 2 aliphatic rings. The monoisotopic (exact) mass is 522 g/mol. The van der Waals surface area contributed by atoms with Crippen LogP contribution < -0.4 is 10.2 Å². The number of benzene rings is 1. The summed E-state index contributed by atoms with van der Waals surface area (Å²) in [6, 6.07) is 10.1. The Hall–Kier alpha value is -3.17. The number of carbonyl (C=O) groups is 1.